The molecule has 0 unspecified atom stereocenters. The topological polar surface area (TPSA) is 57.2 Å². The van der Waals surface area contributed by atoms with Crippen molar-refractivity contribution >= 4 is 37.4 Å². The number of halogens is 2. The lowest BCUT2D eigenvalue weighted by molar-refractivity contribution is -0.591. The summed E-state index contributed by atoms with van der Waals surface area (Å²) < 4.78 is 34.2. The van der Waals surface area contributed by atoms with Gasteiger partial charge in [-0.25, -0.2) is 8.42 Å². The monoisotopic (exact) mass is 564 g/mol. The SMILES string of the molecule is Cc1ccc(S(=O)(=O)[O-])cc1.Cc1ccc([I+]c2cccc(CBr)c2)s1. The fourth-order valence-corrected chi connectivity index (χ4v) is 7.27. The number of alkyl halides is 1. The van der Waals surface area contributed by atoms with E-state index >= 15 is 0 Å². The van der Waals surface area contributed by atoms with Crippen LogP contribution in [0, 0.1) is 20.3 Å². The maximum Gasteiger partial charge on any atom is 0.369 e. The molecule has 2 aromatic carbocycles. The van der Waals surface area contributed by atoms with Crippen LogP contribution in [0.5, 0.6) is 0 Å². The highest BCUT2D eigenvalue weighted by Crippen LogP contribution is 2.08. The van der Waals surface area contributed by atoms with E-state index in [-0.39, 0.29) is 26.1 Å². The van der Waals surface area contributed by atoms with Crippen molar-refractivity contribution in [3.63, 3.8) is 0 Å². The zero-order valence-corrected chi connectivity index (χ0v) is 19.7. The summed E-state index contributed by atoms with van der Waals surface area (Å²) in [5.74, 6) is 0. The number of thiophene rings is 1. The van der Waals surface area contributed by atoms with E-state index in [0.717, 1.165) is 10.9 Å². The third-order valence-corrected chi connectivity index (χ3v) is 8.91. The van der Waals surface area contributed by atoms with Crippen LogP contribution >= 0.6 is 27.3 Å². The van der Waals surface area contributed by atoms with Gasteiger partial charge in [-0.1, -0.05) is 57.1 Å². The largest absolute Gasteiger partial charge is 0.744 e. The maximum atomic E-state index is 10.4. The number of hydrogen-bond donors (Lipinski definition) is 0. The lowest BCUT2D eigenvalue weighted by Crippen LogP contribution is -3.61. The molecule has 0 saturated carbocycles. The standard InChI is InChI=1S/C12H11BrIS.C7H8O3S/c1-9-5-6-12(15-9)14-11-4-2-3-10(7-11)8-13;1-6-2-4-7(5-3-6)11(8,9)10/h2-7H,8H2,1H3;2-5H,1H3,(H,8,9,10)/q+1;/p-1. The van der Waals surface area contributed by atoms with Gasteiger partial charge in [0.05, 0.1) is 4.90 Å². The summed E-state index contributed by atoms with van der Waals surface area (Å²) in [5.41, 5.74) is 2.30. The predicted octanol–water partition coefficient (Wildman–Crippen LogP) is 1.98. The van der Waals surface area contributed by atoms with Crippen molar-refractivity contribution in [3.8, 4) is 0 Å². The summed E-state index contributed by atoms with van der Waals surface area (Å²) >= 11 is 5.45. The third-order valence-electron chi connectivity index (χ3n) is 3.26. The minimum Gasteiger partial charge on any atom is -0.744 e. The molecule has 0 radical (unpaired) electrons. The van der Waals surface area contributed by atoms with E-state index in [1.165, 1.54) is 26.1 Å². The molecule has 0 aliphatic carbocycles. The number of rotatable bonds is 4. The van der Waals surface area contributed by atoms with Gasteiger partial charge in [0.15, 0.2) is 3.57 Å². The smallest absolute Gasteiger partial charge is 0.369 e. The van der Waals surface area contributed by atoms with Crippen molar-refractivity contribution in [2.75, 3.05) is 0 Å². The molecule has 138 valence electrons. The normalized spacial score (nSPS) is 10.9. The molecule has 0 saturated heterocycles. The fourth-order valence-electron chi connectivity index (χ4n) is 1.95. The van der Waals surface area contributed by atoms with Crippen molar-refractivity contribution in [2.45, 2.75) is 24.1 Å². The molecule has 7 heteroatoms. The summed E-state index contributed by atoms with van der Waals surface area (Å²) in [6, 6.07) is 19.2. The molecule has 3 rings (SSSR count). The summed E-state index contributed by atoms with van der Waals surface area (Å²) in [5, 5.41) is 0.952. The highest BCUT2D eigenvalue weighted by molar-refractivity contribution is 9.08. The van der Waals surface area contributed by atoms with Crippen LogP contribution in [-0.2, 0) is 15.4 Å². The predicted molar refractivity (Wildman–Crippen MR) is 105 cm³/mol. The first-order valence-corrected chi connectivity index (χ1v) is 13.2. The van der Waals surface area contributed by atoms with Crippen LogP contribution in [0.3, 0.4) is 0 Å². The van der Waals surface area contributed by atoms with E-state index in [4.69, 9.17) is 0 Å². The molecule has 0 amide bonds. The second-order valence-corrected chi connectivity index (χ2v) is 12.4. The molecular formula is C19H18BrIO3S2. The number of benzene rings is 2. The van der Waals surface area contributed by atoms with Gasteiger partial charge in [0, 0.05) is 16.3 Å². The average molecular weight is 565 g/mol. The second kappa shape index (κ2) is 9.98. The average Bonchev–Trinajstić information content (AvgIpc) is 3.00. The van der Waals surface area contributed by atoms with Crippen LogP contribution in [0.15, 0.2) is 65.6 Å². The zero-order valence-electron chi connectivity index (χ0n) is 14.3. The van der Waals surface area contributed by atoms with E-state index in [9.17, 15) is 13.0 Å². The first-order valence-electron chi connectivity index (χ1n) is 7.66. The molecule has 0 spiro atoms. The Hall–Kier alpha value is -0.740. The molecule has 0 aliphatic rings. The quantitative estimate of drug-likeness (QED) is 0.277. The van der Waals surface area contributed by atoms with Crippen LogP contribution in [-0.4, -0.2) is 13.0 Å². The van der Waals surface area contributed by atoms with Crippen molar-refractivity contribution < 1.29 is 34.2 Å². The first kappa shape index (κ1) is 21.6. The highest BCUT2D eigenvalue weighted by Gasteiger charge is 2.17. The molecule has 1 heterocycles. The zero-order chi connectivity index (χ0) is 19.2. The van der Waals surface area contributed by atoms with Crippen molar-refractivity contribution in [1.82, 2.24) is 0 Å². The Bertz CT molecular complexity index is 951. The van der Waals surface area contributed by atoms with E-state index in [1.54, 1.807) is 15.0 Å². The molecule has 0 aliphatic heterocycles. The molecule has 0 bridgehead atoms. The van der Waals surface area contributed by atoms with Gasteiger partial charge in [-0.2, -0.15) is 0 Å². The van der Waals surface area contributed by atoms with E-state index < -0.39 is 10.1 Å². The Morgan fingerprint density at radius 2 is 1.73 bits per heavy atom. The molecular weight excluding hydrogens is 547 g/mol. The number of aryl methyl sites for hydroxylation is 2. The van der Waals surface area contributed by atoms with E-state index in [2.05, 4.69) is 59.3 Å². The van der Waals surface area contributed by atoms with Crippen LogP contribution in [0.2, 0.25) is 0 Å². The lowest BCUT2D eigenvalue weighted by Gasteiger charge is -2.05. The molecule has 0 atom stereocenters. The Balaban J connectivity index is 0.000000197. The Labute approximate surface area is 177 Å². The molecule has 0 N–H and O–H groups in total. The fraction of sp³-hybridized carbons (Fsp3) is 0.158. The Morgan fingerprint density at radius 1 is 1.04 bits per heavy atom. The van der Waals surface area contributed by atoms with Gasteiger partial charge >= 0.3 is 21.2 Å². The Morgan fingerprint density at radius 3 is 2.27 bits per heavy atom. The molecule has 0 fully saturated rings. The van der Waals surface area contributed by atoms with Crippen molar-refractivity contribution in [3.05, 3.63) is 83.1 Å². The van der Waals surface area contributed by atoms with Crippen LogP contribution in [0.25, 0.3) is 0 Å². The van der Waals surface area contributed by atoms with Gasteiger partial charge in [0.2, 0.25) is 2.88 Å². The molecule has 3 aromatic rings. The van der Waals surface area contributed by atoms with Crippen LogP contribution in [0.1, 0.15) is 16.0 Å². The minimum absolute atomic E-state index is 0.0243. The van der Waals surface area contributed by atoms with Gasteiger partial charge < -0.3 is 4.55 Å². The number of hydrogen-bond acceptors (Lipinski definition) is 4. The lowest BCUT2D eigenvalue weighted by atomic mass is 10.2. The van der Waals surface area contributed by atoms with Crippen molar-refractivity contribution in [1.29, 1.82) is 0 Å². The van der Waals surface area contributed by atoms with Gasteiger partial charge in [-0.3, -0.25) is 0 Å². The minimum atomic E-state index is -4.27. The maximum absolute atomic E-state index is 10.4. The second-order valence-electron chi connectivity index (χ2n) is 5.48. The van der Waals surface area contributed by atoms with E-state index in [1.807, 2.05) is 18.3 Å². The summed E-state index contributed by atoms with van der Waals surface area (Å²) in [4.78, 5) is 1.24. The van der Waals surface area contributed by atoms with Gasteiger partial charge in [0.1, 0.15) is 10.1 Å². The van der Waals surface area contributed by atoms with Crippen LogP contribution in [0.4, 0.5) is 0 Å². The first-order chi connectivity index (χ1) is 12.3. The Kier molecular flexibility index (Phi) is 8.28. The molecule has 3 nitrogen and oxygen atoms in total. The highest BCUT2D eigenvalue weighted by atomic mass is 127. The van der Waals surface area contributed by atoms with Gasteiger partial charge in [-0.05, 0) is 49.7 Å². The summed E-state index contributed by atoms with van der Waals surface area (Å²) in [6.07, 6.45) is 0. The van der Waals surface area contributed by atoms with Crippen molar-refractivity contribution in [2.24, 2.45) is 0 Å². The summed E-state index contributed by atoms with van der Waals surface area (Å²) in [6.45, 7) is 3.99. The van der Waals surface area contributed by atoms with Gasteiger partial charge in [-0.15, -0.1) is 0 Å². The summed E-state index contributed by atoms with van der Waals surface area (Å²) in [7, 11) is -4.27. The van der Waals surface area contributed by atoms with E-state index in [0.29, 0.717) is 0 Å². The third kappa shape index (κ3) is 7.11. The van der Waals surface area contributed by atoms with Crippen LogP contribution < -0.4 is 21.2 Å². The molecule has 26 heavy (non-hydrogen) atoms. The van der Waals surface area contributed by atoms with Gasteiger partial charge in [0.25, 0.3) is 0 Å². The molecule has 1 aromatic heterocycles.